The van der Waals surface area contributed by atoms with Gasteiger partial charge in [0.2, 0.25) is 0 Å². The summed E-state index contributed by atoms with van der Waals surface area (Å²) in [6, 6.07) is 14.9. The third-order valence-electron chi connectivity index (χ3n) is 8.17. The zero-order valence-electron chi connectivity index (χ0n) is 24.6. The number of carbonyl (C=O) groups excluding carboxylic acids is 1. The van der Waals surface area contributed by atoms with E-state index in [1.807, 2.05) is 18.2 Å². The molecule has 1 amide bonds. The van der Waals surface area contributed by atoms with E-state index in [1.165, 1.54) is 15.9 Å². The van der Waals surface area contributed by atoms with E-state index in [4.69, 9.17) is 4.74 Å². The fourth-order valence-electron chi connectivity index (χ4n) is 5.78. The van der Waals surface area contributed by atoms with Crippen molar-refractivity contribution in [3.63, 3.8) is 0 Å². The molecule has 0 bridgehead atoms. The van der Waals surface area contributed by atoms with Crippen LogP contribution in [0.4, 0.5) is 18.9 Å². The van der Waals surface area contributed by atoms with Crippen LogP contribution in [0.3, 0.4) is 0 Å². The molecule has 0 spiro atoms. The molecule has 0 aliphatic carbocycles. The van der Waals surface area contributed by atoms with Crippen LogP contribution in [0.1, 0.15) is 33.8 Å². The fourth-order valence-corrected chi connectivity index (χ4v) is 6.58. The number of alkyl halides is 3. The summed E-state index contributed by atoms with van der Waals surface area (Å²) < 4.78 is 47.9. The molecule has 2 aromatic carbocycles. The lowest BCUT2D eigenvalue weighted by Crippen LogP contribution is -2.36. The minimum Gasteiger partial charge on any atom is -0.382 e. The van der Waals surface area contributed by atoms with Crippen molar-refractivity contribution in [3.8, 4) is 10.7 Å². The van der Waals surface area contributed by atoms with Crippen LogP contribution in [0, 0.1) is 0 Å². The summed E-state index contributed by atoms with van der Waals surface area (Å²) >= 11 is 1.18. The van der Waals surface area contributed by atoms with Crippen LogP contribution in [0.25, 0.3) is 21.6 Å². The van der Waals surface area contributed by atoms with Gasteiger partial charge in [0, 0.05) is 42.3 Å². The number of nitrogens with zero attached hydrogens (tertiary/aromatic N) is 5. The van der Waals surface area contributed by atoms with E-state index in [0.29, 0.717) is 32.2 Å². The zero-order valence-corrected chi connectivity index (χ0v) is 25.4. The first kappa shape index (κ1) is 30.5. The molecule has 13 heteroatoms. The number of morpholine rings is 1. The molecule has 4 heterocycles. The third kappa shape index (κ3) is 7.40. The van der Waals surface area contributed by atoms with Crippen molar-refractivity contribution in [2.24, 2.45) is 0 Å². The summed E-state index contributed by atoms with van der Waals surface area (Å²) in [5.74, 6) is -0.254. The summed E-state index contributed by atoms with van der Waals surface area (Å²) in [5, 5.41) is 16.4. The lowest BCUT2D eigenvalue weighted by molar-refractivity contribution is -0.139. The van der Waals surface area contributed by atoms with Gasteiger partial charge in [0.15, 0.2) is 5.01 Å². The fraction of sp³-hybridized carbons (Fsp3) is 0.452. The van der Waals surface area contributed by atoms with Crippen LogP contribution < -0.4 is 10.6 Å². The second kappa shape index (κ2) is 13.2. The summed E-state index contributed by atoms with van der Waals surface area (Å²) in [6.07, 6.45) is -2.49. The number of nitrogens with one attached hydrogen (secondary N) is 2. The van der Waals surface area contributed by atoms with E-state index in [-0.39, 0.29) is 18.5 Å². The number of hydrogen-bond donors (Lipinski definition) is 2. The third-order valence-corrected chi connectivity index (χ3v) is 9.12. The molecule has 9 nitrogen and oxygen atoms in total. The maximum absolute atomic E-state index is 13.7. The van der Waals surface area contributed by atoms with Crippen LogP contribution in [-0.2, 0) is 24.4 Å². The van der Waals surface area contributed by atoms with Crippen LogP contribution in [0.15, 0.2) is 48.5 Å². The summed E-state index contributed by atoms with van der Waals surface area (Å²) in [6.45, 7) is 4.96. The van der Waals surface area contributed by atoms with E-state index in [0.717, 1.165) is 70.0 Å². The maximum atomic E-state index is 13.7. The Hall–Kier alpha value is -3.52. The second-order valence-electron chi connectivity index (χ2n) is 11.5. The number of aromatic nitrogens is 3. The van der Waals surface area contributed by atoms with Gasteiger partial charge in [0.05, 0.1) is 31.0 Å². The number of carbonyl (C=O) groups is 1. The molecule has 234 valence electrons. The minimum atomic E-state index is -4.42. The van der Waals surface area contributed by atoms with Crippen LogP contribution in [0.2, 0.25) is 0 Å². The van der Waals surface area contributed by atoms with E-state index < -0.39 is 12.7 Å². The van der Waals surface area contributed by atoms with E-state index in [1.54, 1.807) is 30.3 Å². The van der Waals surface area contributed by atoms with Gasteiger partial charge in [0.1, 0.15) is 11.6 Å². The molecule has 44 heavy (non-hydrogen) atoms. The van der Waals surface area contributed by atoms with Crippen LogP contribution in [-0.4, -0.2) is 89.1 Å². The molecule has 2 fully saturated rings. The Morgan fingerprint density at radius 1 is 1.05 bits per heavy atom. The number of anilines is 1. The molecular formula is C31H36F3N7O2S. The molecule has 2 aliphatic rings. The standard InChI is InChI=1S/C31H36F3N7O2S/c1-39-11-9-23(10-12-39)36-25-3-2-4-26-24(25)17-27(41(26)20-31(32,33)34)30-38-37-28(44-30)18-35-29(42)22-7-5-21(6-8-22)19-40-13-15-43-16-14-40/h2-8,17,23,36H,9-16,18-20H2,1H3,(H,35,42). The number of fused-ring (bicyclic) bond motifs is 1. The highest BCUT2D eigenvalue weighted by molar-refractivity contribution is 7.14. The predicted octanol–water partition coefficient (Wildman–Crippen LogP) is 4.99. The topological polar surface area (TPSA) is 87.6 Å². The Morgan fingerprint density at radius 2 is 1.80 bits per heavy atom. The number of halogens is 3. The molecule has 0 unspecified atom stereocenters. The number of piperidine rings is 1. The Bertz CT molecular complexity index is 1570. The van der Waals surface area contributed by atoms with Gasteiger partial charge in [-0.3, -0.25) is 9.69 Å². The first-order valence-electron chi connectivity index (χ1n) is 14.9. The van der Waals surface area contributed by atoms with Crippen molar-refractivity contribution in [3.05, 3.63) is 64.7 Å². The lowest BCUT2D eigenvalue weighted by Gasteiger charge is -2.30. The highest BCUT2D eigenvalue weighted by atomic mass is 32.1. The molecule has 4 aromatic rings. The smallest absolute Gasteiger partial charge is 0.382 e. The van der Waals surface area contributed by atoms with Gasteiger partial charge in [-0.1, -0.05) is 29.5 Å². The van der Waals surface area contributed by atoms with Gasteiger partial charge in [-0.25, -0.2) is 0 Å². The van der Waals surface area contributed by atoms with Crippen molar-refractivity contribution in [1.82, 2.24) is 29.9 Å². The van der Waals surface area contributed by atoms with Crippen molar-refractivity contribution in [2.45, 2.75) is 44.7 Å². The van der Waals surface area contributed by atoms with Gasteiger partial charge >= 0.3 is 6.18 Å². The molecule has 0 atom stereocenters. The first-order chi connectivity index (χ1) is 21.2. The average molecular weight is 628 g/mol. The highest BCUT2D eigenvalue weighted by Gasteiger charge is 2.31. The largest absolute Gasteiger partial charge is 0.406 e. The van der Waals surface area contributed by atoms with Gasteiger partial charge < -0.3 is 24.8 Å². The van der Waals surface area contributed by atoms with Gasteiger partial charge in [0.25, 0.3) is 5.91 Å². The van der Waals surface area contributed by atoms with Crippen LogP contribution >= 0.6 is 11.3 Å². The monoisotopic (exact) mass is 627 g/mol. The minimum absolute atomic E-state index is 0.120. The Labute approximate surface area is 258 Å². The Morgan fingerprint density at radius 3 is 2.52 bits per heavy atom. The number of likely N-dealkylation sites (tertiary alicyclic amines) is 1. The second-order valence-corrected chi connectivity index (χ2v) is 12.5. The molecular weight excluding hydrogens is 591 g/mol. The predicted molar refractivity (Wildman–Crippen MR) is 165 cm³/mol. The number of ether oxygens (including phenoxy) is 1. The van der Waals surface area contributed by atoms with E-state index >= 15 is 0 Å². The number of benzene rings is 2. The van der Waals surface area contributed by atoms with E-state index in [2.05, 4.69) is 37.7 Å². The van der Waals surface area contributed by atoms with Gasteiger partial charge in [-0.15, -0.1) is 10.2 Å². The maximum Gasteiger partial charge on any atom is 0.406 e. The molecule has 2 aliphatic heterocycles. The molecule has 2 aromatic heterocycles. The summed E-state index contributed by atoms with van der Waals surface area (Å²) in [5.41, 5.74) is 3.29. The van der Waals surface area contributed by atoms with Crippen LogP contribution in [0.5, 0.6) is 0 Å². The molecule has 0 saturated carbocycles. The van der Waals surface area contributed by atoms with Crippen molar-refractivity contribution < 1.29 is 22.7 Å². The van der Waals surface area contributed by atoms with Gasteiger partial charge in [-0.2, -0.15) is 13.2 Å². The molecule has 2 N–H and O–H groups in total. The number of rotatable bonds is 9. The quantitative estimate of drug-likeness (QED) is 0.271. The summed E-state index contributed by atoms with van der Waals surface area (Å²) in [4.78, 5) is 17.4. The summed E-state index contributed by atoms with van der Waals surface area (Å²) in [7, 11) is 2.09. The van der Waals surface area contributed by atoms with Gasteiger partial charge in [-0.05, 0) is 68.9 Å². The Balaban J connectivity index is 1.16. The van der Waals surface area contributed by atoms with E-state index in [9.17, 15) is 18.0 Å². The normalized spacial score (nSPS) is 17.3. The lowest BCUT2D eigenvalue weighted by atomic mass is 10.0. The van der Waals surface area contributed by atoms with Crippen molar-refractivity contribution >= 4 is 33.8 Å². The SMILES string of the molecule is CN1CCC(Nc2cccc3c2cc(-c2nnc(CNC(=O)c4ccc(CN5CCOCC5)cc4)s2)n3CC(F)(F)F)CC1. The average Bonchev–Trinajstić information content (AvgIpc) is 3.62. The van der Waals surface area contributed by atoms with Crippen molar-refractivity contribution in [1.29, 1.82) is 0 Å². The zero-order chi connectivity index (χ0) is 30.7. The highest BCUT2D eigenvalue weighted by Crippen LogP contribution is 2.36. The molecule has 0 radical (unpaired) electrons. The first-order valence-corrected chi connectivity index (χ1v) is 15.7. The molecule has 6 rings (SSSR count). The van der Waals surface area contributed by atoms with Crippen molar-refractivity contribution in [2.75, 3.05) is 51.8 Å². The number of amides is 1. The molecule has 2 saturated heterocycles. The number of hydrogen-bond acceptors (Lipinski definition) is 8. The Kier molecular flexibility index (Phi) is 9.17.